The molecule has 0 radical (unpaired) electrons. The fraction of sp³-hybridized carbons (Fsp3) is 0.714. The molecule has 0 N–H and O–H groups in total. The van der Waals surface area contributed by atoms with Gasteiger partial charge in [0, 0.05) is 12.6 Å². The summed E-state index contributed by atoms with van der Waals surface area (Å²) < 4.78 is 16.7. The van der Waals surface area contributed by atoms with E-state index in [9.17, 15) is 0 Å². The third kappa shape index (κ3) is 4.60. The van der Waals surface area contributed by atoms with Crippen LogP contribution in [0.1, 0.15) is 51.4 Å². The molecule has 0 unspecified atom stereocenters. The fourth-order valence-corrected chi connectivity index (χ4v) is 4.50. The molecule has 0 atom stereocenters. The molecule has 0 amide bonds. The monoisotopic (exact) mass is 345 g/mol. The van der Waals surface area contributed by atoms with Crippen molar-refractivity contribution in [2.24, 2.45) is 11.8 Å². The van der Waals surface area contributed by atoms with Crippen LogP contribution < -0.4 is 14.2 Å². The van der Waals surface area contributed by atoms with Crippen molar-refractivity contribution in [3.8, 4) is 17.2 Å². The van der Waals surface area contributed by atoms with Gasteiger partial charge in [-0.05, 0) is 69.2 Å². The topological polar surface area (TPSA) is 30.9 Å². The van der Waals surface area contributed by atoms with Gasteiger partial charge in [0.15, 0.2) is 11.5 Å². The van der Waals surface area contributed by atoms with Gasteiger partial charge in [-0.25, -0.2) is 0 Å². The summed E-state index contributed by atoms with van der Waals surface area (Å²) in [7, 11) is 0. The zero-order chi connectivity index (χ0) is 16.9. The smallest absolute Gasteiger partial charge is 0.231 e. The van der Waals surface area contributed by atoms with Crippen LogP contribution in [-0.2, 0) is 0 Å². The number of rotatable bonds is 6. The normalized spacial score (nSPS) is 22.2. The zero-order valence-electron chi connectivity index (χ0n) is 15.3. The van der Waals surface area contributed by atoms with E-state index in [1.54, 1.807) is 0 Å². The lowest BCUT2D eigenvalue weighted by molar-refractivity contribution is 0.134. The SMILES string of the molecule is c1cc2c(cc1OCCC1CCN(CC3CCCCC3)CC1)OCO2. The number of benzene rings is 1. The van der Waals surface area contributed by atoms with E-state index in [1.165, 1.54) is 64.6 Å². The number of fused-ring (bicyclic) bond motifs is 1. The third-order valence-electron chi connectivity index (χ3n) is 6.09. The van der Waals surface area contributed by atoms with Crippen LogP contribution in [0.4, 0.5) is 0 Å². The lowest BCUT2D eigenvalue weighted by Crippen LogP contribution is -2.37. The predicted octanol–water partition coefficient (Wildman–Crippen LogP) is 4.48. The van der Waals surface area contributed by atoms with Crippen molar-refractivity contribution in [3.63, 3.8) is 0 Å². The zero-order valence-corrected chi connectivity index (χ0v) is 15.3. The van der Waals surface area contributed by atoms with Crippen LogP contribution in [0.2, 0.25) is 0 Å². The van der Waals surface area contributed by atoms with E-state index < -0.39 is 0 Å². The molecule has 0 aromatic heterocycles. The van der Waals surface area contributed by atoms with Crippen LogP contribution in [0, 0.1) is 11.8 Å². The molecule has 1 aromatic rings. The molecule has 1 saturated carbocycles. The second-order valence-corrected chi connectivity index (χ2v) is 7.90. The summed E-state index contributed by atoms with van der Waals surface area (Å²) in [4.78, 5) is 2.71. The quantitative estimate of drug-likeness (QED) is 0.761. The summed E-state index contributed by atoms with van der Waals surface area (Å²) >= 11 is 0. The van der Waals surface area contributed by atoms with E-state index in [1.807, 2.05) is 18.2 Å². The maximum atomic E-state index is 5.93. The molecule has 138 valence electrons. The summed E-state index contributed by atoms with van der Waals surface area (Å²) in [5.41, 5.74) is 0. The molecule has 3 aliphatic rings. The minimum absolute atomic E-state index is 0.318. The Bertz CT molecular complexity index is 548. The second-order valence-electron chi connectivity index (χ2n) is 7.90. The van der Waals surface area contributed by atoms with Crippen LogP contribution in [0.3, 0.4) is 0 Å². The molecule has 4 heteroatoms. The first kappa shape index (κ1) is 17.0. The van der Waals surface area contributed by atoms with Gasteiger partial charge in [0.25, 0.3) is 0 Å². The molecular weight excluding hydrogens is 314 g/mol. The summed E-state index contributed by atoms with van der Waals surface area (Å²) in [6.45, 7) is 5.03. The number of hydrogen-bond donors (Lipinski definition) is 0. The van der Waals surface area contributed by atoms with Crippen LogP contribution in [0.25, 0.3) is 0 Å². The van der Waals surface area contributed by atoms with Crippen molar-refractivity contribution in [1.29, 1.82) is 0 Å². The average Bonchev–Trinajstić information content (AvgIpc) is 3.12. The van der Waals surface area contributed by atoms with E-state index in [4.69, 9.17) is 14.2 Å². The summed E-state index contributed by atoms with van der Waals surface area (Å²) in [6, 6.07) is 5.84. The Kier molecular flexibility index (Phi) is 5.65. The molecule has 4 rings (SSSR count). The summed E-state index contributed by atoms with van der Waals surface area (Å²) in [5.74, 6) is 4.29. The van der Waals surface area contributed by atoms with Crippen molar-refractivity contribution in [1.82, 2.24) is 4.90 Å². The fourth-order valence-electron chi connectivity index (χ4n) is 4.50. The van der Waals surface area contributed by atoms with Gasteiger partial charge in [0.05, 0.1) is 6.61 Å². The first-order valence-electron chi connectivity index (χ1n) is 10.1. The lowest BCUT2D eigenvalue weighted by Gasteiger charge is -2.35. The Morgan fingerprint density at radius 1 is 0.920 bits per heavy atom. The van der Waals surface area contributed by atoms with E-state index in [0.29, 0.717) is 6.79 Å². The van der Waals surface area contributed by atoms with Gasteiger partial charge in [0.1, 0.15) is 5.75 Å². The van der Waals surface area contributed by atoms with Crippen molar-refractivity contribution >= 4 is 0 Å². The highest BCUT2D eigenvalue weighted by Gasteiger charge is 2.23. The Morgan fingerprint density at radius 2 is 1.72 bits per heavy atom. The highest BCUT2D eigenvalue weighted by atomic mass is 16.7. The maximum absolute atomic E-state index is 5.93. The van der Waals surface area contributed by atoms with Crippen molar-refractivity contribution in [2.45, 2.75) is 51.4 Å². The molecule has 4 nitrogen and oxygen atoms in total. The molecule has 1 aliphatic carbocycles. The van der Waals surface area contributed by atoms with Gasteiger partial charge < -0.3 is 19.1 Å². The van der Waals surface area contributed by atoms with Crippen molar-refractivity contribution in [3.05, 3.63) is 18.2 Å². The Hall–Kier alpha value is -1.42. The van der Waals surface area contributed by atoms with Crippen molar-refractivity contribution < 1.29 is 14.2 Å². The molecule has 1 aromatic carbocycles. The second kappa shape index (κ2) is 8.31. The van der Waals surface area contributed by atoms with Crippen LogP contribution in [-0.4, -0.2) is 37.9 Å². The average molecular weight is 345 g/mol. The minimum Gasteiger partial charge on any atom is -0.493 e. The Balaban J connectivity index is 1.14. The molecule has 2 heterocycles. The van der Waals surface area contributed by atoms with E-state index >= 15 is 0 Å². The van der Waals surface area contributed by atoms with Gasteiger partial charge in [-0.3, -0.25) is 0 Å². The molecule has 2 fully saturated rings. The lowest BCUT2D eigenvalue weighted by atomic mass is 9.87. The van der Waals surface area contributed by atoms with Gasteiger partial charge in [-0.1, -0.05) is 19.3 Å². The van der Waals surface area contributed by atoms with Gasteiger partial charge in [-0.15, -0.1) is 0 Å². The van der Waals surface area contributed by atoms with Crippen LogP contribution in [0.15, 0.2) is 18.2 Å². The number of likely N-dealkylation sites (tertiary alicyclic amines) is 1. The number of nitrogens with zero attached hydrogens (tertiary/aromatic N) is 1. The molecule has 25 heavy (non-hydrogen) atoms. The standard InChI is InChI=1S/C21H31NO3/c1-2-4-18(5-3-1)15-22-11-8-17(9-12-22)10-13-23-19-6-7-20-21(14-19)25-16-24-20/h6-7,14,17-18H,1-5,8-13,15-16H2. The maximum Gasteiger partial charge on any atom is 0.231 e. The van der Waals surface area contributed by atoms with E-state index in [2.05, 4.69) is 4.90 Å². The predicted molar refractivity (Wildman–Crippen MR) is 98.4 cm³/mol. The van der Waals surface area contributed by atoms with Crippen LogP contribution in [0.5, 0.6) is 17.2 Å². The number of ether oxygens (including phenoxy) is 3. The molecule has 0 spiro atoms. The first-order valence-corrected chi connectivity index (χ1v) is 10.1. The van der Waals surface area contributed by atoms with Gasteiger partial charge in [-0.2, -0.15) is 0 Å². The van der Waals surface area contributed by atoms with Crippen molar-refractivity contribution in [2.75, 3.05) is 33.0 Å². The van der Waals surface area contributed by atoms with Gasteiger partial charge >= 0.3 is 0 Å². The highest BCUT2D eigenvalue weighted by molar-refractivity contribution is 5.46. The number of piperidine rings is 1. The van der Waals surface area contributed by atoms with Crippen LogP contribution >= 0.6 is 0 Å². The Morgan fingerprint density at radius 3 is 2.56 bits per heavy atom. The molecule has 1 saturated heterocycles. The van der Waals surface area contributed by atoms with E-state index in [-0.39, 0.29) is 0 Å². The largest absolute Gasteiger partial charge is 0.493 e. The Labute approximate surface area is 151 Å². The molecule has 0 bridgehead atoms. The minimum atomic E-state index is 0.318. The molecular formula is C21H31NO3. The highest BCUT2D eigenvalue weighted by Crippen LogP contribution is 2.35. The summed E-state index contributed by atoms with van der Waals surface area (Å²) in [5, 5.41) is 0. The number of hydrogen-bond acceptors (Lipinski definition) is 4. The van der Waals surface area contributed by atoms with Gasteiger partial charge in [0.2, 0.25) is 6.79 Å². The third-order valence-corrected chi connectivity index (χ3v) is 6.09. The van der Waals surface area contributed by atoms with E-state index in [0.717, 1.165) is 42.1 Å². The molecule has 2 aliphatic heterocycles. The summed E-state index contributed by atoms with van der Waals surface area (Å²) in [6.07, 6.45) is 11.1. The first-order chi connectivity index (χ1) is 12.4.